The van der Waals surface area contributed by atoms with Crippen LogP contribution >= 0.6 is 0 Å². The number of amides is 3. The van der Waals surface area contributed by atoms with E-state index in [2.05, 4.69) is 70.4 Å². The molecule has 60 heavy (non-hydrogen) atoms. The minimum absolute atomic E-state index is 0.0235. The number of hydrogen-bond acceptors (Lipinski definition) is 7. The van der Waals surface area contributed by atoms with E-state index in [1.165, 1.54) is 11.1 Å². The molecule has 0 saturated carbocycles. The van der Waals surface area contributed by atoms with Crippen LogP contribution in [0.4, 0.5) is 17.1 Å². The Balaban J connectivity index is 1.44. The highest BCUT2D eigenvalue weighted by molar-refractivity contribution is 6.91. The number of allylic oxidation sites excluding steroid dienone is 3. The monoisotopic (exact) mass is 828 g/mol. The number of benzene rings is 4. The molecular weight excluding hydrogens is 769 g/mol. The van der Waals surface area contributed by atoms with Gasteiger partial charge in [0.2, 0.25) is 5.91 Å². The number of anilines is 3. The Kier molecular flexibility index (Phi) is 13.8. The molecule has 10 nitrogen and oxygen atoms in total. The lowest BCUT2D eigenvalue weighted by Crippen LogP contribution is -2.52. The molecule has 2 aliphatic heterocycles. The molecule has 4 aromatic rings. The summed E-state index contributed by atoms with van der Waals surface area (Å²) in [5.74, 6) is -0.278. The number of nitrogens with zero attached hydrogens (tertiary/aromatic N) is 2. The van der Waals surface area contributed by atoms with E-state index in [1.54, 1.807) is 41.2 Å². The lowest BCUT2D eigenvalue weighted by Gasteiger charge is -2.37. The first-order valence-electron chi connectivity index (χ1n) is 20.9. The Bertz CT molecular complexity index is 2220. The minimum Gasteiger partial charge on any atom is -0.497 e. The van der Waals surface area contributed by atoms with E-state index in [4.69, 9.17) is 15.2 Å². The summed E-state index contributed by atoms with van der Waals surface area (Å²) in [6.45, 7) is 13.6. The molecule has 0 radical (unpaired) electrons. The van der Waals surface area contributed by atoms with Gasteiger partial charge in [-0.15, -0.1) is 0 Å². The largest absolute Gasteiger partial charge is 0.497 e. The highest BCUT2D eigenvalue weighted by atomic mass is 28.3. The smallest absolute Gasteiger partial charge is 0.264 e. The molecule has 1 spiro atoms. The molecule has 316 valence electrons. The Morgan fingerprint density at radius 3 is 2.33 bits per heavy atom. The molecule has 4 atom stereocenters. The first-order chi connectivity index (χ1) is 28.7. The molecule has 0 unspecified atom stereocenters. The van der Waals surface area contributed by atoms with Gasteiger partial charge in [0.25, 0.3) is 11.8 Å². The van der Waals surface area contributed by atoms with Gasteiger partial charge in [-0.3, -0.25) is 14.4 Å². The van der Waals surface area contributed by atoms with Crippen LogP contribution in [0, 0.1) is 5.92 Å². The second kappa shape index (κ2) is 18.8. The fourth-order valence-electron chi connectivity index (χ4n) is 9.07. The van der Waals surface area contributed by atoms with E-state index in [1.807, 2.05) is 60.7 Å². The number of nitrogen functional groups attached to an aromatic ring is 1. The van der Waals surface area contributed by atoms with Crippen molar-refractivity contribution >= 4 is 48.0 Å². The molecule has 11 heteroatoms. The van der Waals surface area contributed by atoms with Crippen molar-refractivity contribution in [2.45, 2.75) is 83.8 Å². The summed E-state index contributed by atoms with van der Waals surface area (Å²) in [6.07, 6.45) is 5.50. The van der Waals surface area contributed by atoms with Gasteiger partial charge in [0.05, 0.1) is 40.0 Å². The van der Waals surface area contributed by atoms with E-state index in [-0.39, 0.29) is 48.8 Å². The van der Waals surface area contributed by atoms with Crippen molar-refractivity contribution in [1.82, 2.24) is 4.90 Å². The number of methoxy groups -OCH3 is 1. The molecule has 0 aromatic heterocycles. The molecular formula is C49H60N4O6Si. The molecule has 1 fully saturated rings. The summed E-state index contributed by atoms with van der Waals surface area (Å²) in [6, 6.07) is 30.2. The standard InChI is InChI=1S/C49H60N4O6Si/c1-33(2)12-11-13-34(3)26-27-53-43-25-20-39(51-47(56)37-16-18-38(50)19-17-37)30-42(43)49(48(53)57)35(4)46(60(6,7)41-23-21-40(58-5)22-24-41)44(59-49)31-45(55)52(28-29-54)32-36-14-9-8-10-15-36/h8-10,12,14-26,30,35,44,46,54H,11,13,27-29,31-32,50H2,1-7H3,(H,51,56)/b34-26+/t35-,44+,46-,49+/m0/s1. The summed E-state index contributed by atoms with van der Waals surface area (Å²) in [7, 11) is -0.943. The van der Waals surface area contributed by atoms with E-state index in [9.17, 15) is 14.7 Å². The second-order valence-electron chi connectivity index (χ2n) is 17.0. The van der Waals surface area contributed by atoms with Gasteiger partial charge in [-0.05, 0) is 99.3 Å². The average Bonchev–Trinajstić information content (AvgIpc) is 3.65. The normalized spacial score (nSPS) is 19.9. The van der Waals surface area contributed by atoms with Crippen LogP contribution < -0.4 is 25.9 Å². The summed E-state index contributed by atoms with van der Waals surface area (Å²) in [5.41, 5.74) is 10.6. The van der Waals surface area contributed by atoms with Gasteiger partial charge in [-0.25, -0.2) is 0 Å². The Morgan fingerprint density at radius 1 is 0.983 bits per heavy atom. The second-order valence-corrected chi connectivity index (χ2v) is 21.7. The van der Waals surface area contributed by atoms with Crippen molar-refractivity contribution in [3.05, 3.63) is 137 Å². The van der Waals surface area contributed by atoms with Crippen molar-refractivity contribution in [3.8, 4) is 5.75 Å². The first-order valence-corrected chi connectivity index (χ1v) is 23.9. The predicted octanol–water partition coefficient (Wildman–Crippen LogP) is 8.20. The molecule has 2 aliphatic rings. The zero-order valence-electron chi connectivity index (χ0n) is 36.0. The zero-order chi connectivity index (χ0) is 43.2. The molecule has 0 bridgehead atoms. The highest BCUT2D eigenvalue weighted by Crippen LogP contribution is 2.60. The first kappa shape index (κ1) is 44.1. The van der Waals surface area contributed by atoms with Gasteiger partial charge in [0.1, 0.15) is 5.75 Å². The molecule has 0 aliphatic carbocycles. The van der Waals surface area contributed by atoms with Gasteiger partial charge in [0.15, 0.2) is 5.60 Å². The van der Waals surface area contributed by atoms with Crippen LogP contribution in [-0.2, 0) is 26.5 Å². The third-order valence-electron chi connectivity index (χ3n) is 12.3. The maximum absolute atomic E-state index is 15.4. The van der Waals surface area contributed by atoms with E-state index < -0.39 is 19.8 Å². The fourth-order valence-corrected chi connectivity index (χ4v) is 13.1. The van der Waals surface area contributed by atoms with E-state index in [0.717, 1.165) is 29.3 Å². The number of rotatable bonds is 16. The van der Waals surface area contributed by atoms with Crippen LogP contribution in [0.25, 0.3) is 0 Å². The number of fused-ring (bicyclic) bond motifs is 2. The zero-order valence-corrected chi connectivity index (χ0v) is 37.0. The van der Waals surface area contributed by atoms with Crippen molar-refractivity contribution in [1.29, 1.82) is 0 Å². The number of aliphatic hydroxyl groups excluding tert-OH is 1. The number of nitrogens with two attached hydrogens (primary N) is 1. The fraction of sp³-hybridized carbons (Fsp3) is 0.367. The maximum Gasteiger partial charge on any atom is 0.264 e. The van der Waals surface area contributed by atoms with Crippen molar-refractivity contribution in [2.75, 3.05) is 42.8 Å². The Morgan fingerprint density at radius 2 is 1.68 bits per heavy atom. The Labute approximate surface area is 356 Å². The number of aliphatic hydroxyl groups is 1. The average molecular weight is 829 g/mol. The number of carbonyl (C=O) groups is 3. The van der Waals surface area contributed by atoms with Crippen molar-refractivity contribution in [2.24, 2.45) is 5.92 Å². The van der Waals surface area contributed by atoms with E-state index >= 15 is 4.79 Å². The molecule has 3 amide bonds. The maximum atomic E-state index is 15.4. The van der Waals surface area contributed by atoms with Gasteiger partial charge >= 0.3 is 0 Å². The van der Waals surface area contributed by atoms with Gasteiger partial charge in [-0.2, -0.15) is 0 Å². The van der Waals surface area contributed by atoms with Crippen LogP contribution in [0.15, 0.2) is 120 Å². The van der Waals surface area contributed by atoms with Crippen LogP contribution in [0.1, 0.15) is 68.4 Å². The van der Waals surface area contributed by atoms with Crippen LogP contribution in [0.3, 0.4) is 0 Å². The van der Waals surface area contributed by atoms with Gasteiger partial charge in [0, 0.05) is 48.1 Å². The third kappa shape index (κ3) is 9.28. The Hall–Kier alpha value is -5.49. The topological polar surface area (TPSA) is 134 Å². The van der Waals surface area contributed by atoms with Gasteiger partial charge in [-0.1, -0.05) is 91.0 Å². The van der Waals surface area contributed by atoms with E-state index in [0.29, 0.717) is 41.3 Å². The third-order valence-corrected chi connectivity index (χ3v) is 16.7. The predicted molar refractivity (Wildman–Crippen MR) is 243 cm³/mol. The number of carbonyl (C=O) groups excluding carboxylic acids is 3. The van der Waals surface area contributed by atoms with Crippen molar-refractivity contribution < 1.29 is 29.0 Å². The summed E-state index contributed by atoms with van der Waals surface area (Å²) in [4.78, 5) is 46.9. The summed E-state index contributed by atoms with van der Waals surface area (Å²) in [5, 5.41) is 14.3. The molecule has 6 rings (SSSR count). The highest BCUT2D eigenvalue weighted by Gasteiger charge is 2.66. The molecule has 2 heterocycles. The van der Waals surface area contributed by atoms with Crippen LogP contribution in [0.5, 0.6) is 5.75 Å². The number of ether oxygens (including phenoxy) is 2. The van der Waals surface area contributed by atoms with Crippen LogP contribution in [0.2, 0.25) is 18.6 Å². The minimum atomic E-state index is -2.59. The number of hydrogen-bond donors (Lipinski definition) is 3. The lowest BCUT2D eigenvalue weighted by molar-refractivity contribution is -0.149. The van der Waals surface area contributed by atoms with Crippen LogP contribution in [-0.4, -0.2) is 68.7 Å². The molecule has 4 aromatic carbocycles. The lowest BCUT2D eigenvalue weighted by atomic mass is 9.82. The quantitative estimate of drug-likeness (QED) is 0.0589. The SMILES string of the molecule is COc1ccc([Si](C)(C)[C@@H]2[C@@H](CC(=O)N(CCO)Cc3ccccc3)O[C@]3(C(=O)N(C/C=C(\C)CCC=C(C)C)c4ccc(NC(=O)c5ccc(N)cc5)cc43)[C@H]2C)cc1. The molecule has 1 saturated heterocycles. The summed E-state index contributed by atoms with van der Waals surface area (Å²) >= 11 is 0. The summed E-state index contributed by atoms with van der Waals surface area (Å²) < 4.78 is 12.8. The van der Waals surface area contributed by atoms with Gasteiger partial charge < -0.3 is 35.4 Å². The van der Waals surface area contributed by atoms with Crippen molar-refractivity contribution in [3.63, 3.8) is 0 Å². The molecule has 4 N–H and O–H groups in total. The number of nitrogens with one attached hydrogen (secondary N) is 1.